The Hall–Kier alpha value is -3.94. The standard InChI is InChI=1S/C23H19FN4O3/c1-13-14-7-2-5-12-19(14)31-21(13)23(30)26-25-22(29)20-15-8-6-11-17(15)28(27-20)18-10-4-3-9-16(18)24/h2-5,7,9-10,12H,6,8,11H2,1H3,(H,25,29)(H,26,30). The Labute approximate surface area is 176 Å². The van der Waals surface area contributed by atoms with Crippen LogP contribution in [0.15, 0.2) is 52.9 Å². The summed E-state index contributed by atoms with van der Waals surface area (Å²) in [7, 11) is 0. The topological polar surface area (TPSA) is 89.2 Å². The highest BCUT2D eigenvalue weighted by Gasteiger charge is 2.28. The molecule has 2 heterocycles. The minimum absolute atomic E-state index is 0.128. The average molecular weight is 418 g/mol. The lowest BCUT2D eigenvalue weighted by molar-refractivity contribution is 0.0828. The molecule has 0 spiro atoms. The Kier molecular flexibility index (Phi) is 4.54. The largest absolute Gasteiger partial charge is 0.451 e. The number of nitrogens with one attached hydrogen (secondary N) is 2. The molecule has 2 aromatic carbocycles. The van der Waals surface area contributed by atoms with Gasteiger partial charge in [-0.25, -0.2) is 9.07 Å². The van der Waals surface area contributed by atoms with Gasteiger partial charge < -0.3 is 4.42 Å². The lowest BCUT2D eigenvalue weighted by Gasteiger charge is -2.07. The number of carbonyl (C=O) groups is 2. The summed E-state index contributed by atoms with van der Waals surface area (Å²) in [4.78, 5) is 25.4. The zero-order chi connectivity index (χ0) is 21.5. The van der Waals surface area contributed by atoms with Crippen LogP contribution < -0.4 is 10.9 Å². The van der Waals surface area contributed by atoms with E-state index in [2.05, 4.69) is 16.0 Å². The van der Waals surface area contributed by atoms with Crippen molar-refractivity contribution in [3.05, 3.63) is 82.6 Å². The summed E-state index contributed by atoms with van der Waals surface area (Å²) >= 11 is 0. The molecule has 0 atom stereocenters. The molecule has 7 nitrogen and oxygen atoms in total. The van der Waals surface area contributed by atoms with Crippen LogP contribution in [0.5, 0.6) is 0 Å². The minimum Gasteiger partial charge on any atom is -0.451 e. The van der Waals surface area contributed by atoms with Crippen molar-refractivity contribution in [1.82, 2.24) is 20.6 Å². The summed E-state index contributed by atoms with van der Waals surface area (Å²) in [5, 5.41) is 5.19. The molecule has 2 aromatic heterocycles. The number of hydrazine groups is 1. The number of amides is 2. The van der Waals surface area contributed by atoms with Crippen molar-refractivity contribution in [1.29, 1.82) is 0 Å². The first kappa shape index (κ1) is 19.0. The van der Waals surface area contributed by atoms with Gasteiger partial charge in [0.15, 0.2) is 11.5 Å². The average Bonchev–Trinajstić information content (AvgIpc) is 3.47. The molecule has 0 saturated carbocycles. The maximum atomic E-state index is 14.3. The minimum atomic E-state index is -0.563. The molecular weight excluding hydrogens is 399 g/mol. The third-order valence-corrected chi connectivity index (χ3v) is 5.57. The molecule has 4 aromatic rings. The Bertz CT molecular complexity index is 1340. The number of para-hydroxylation sites is 2. The number of furan rings is 1. The lowest BCUT2D eigenvalue weighted by Crippen LogP contribution is -2.42. The van der Waals surface area contributed by atoms with Crippen LogP contribution in [0.4, 0.5) is 4.39 Å². The predicted molar refractivity (Wildman–Crippen MR) is 111 cm³/mol. The molecule has 31 heavy (non-hydrogen) atoms. The van der Waals surface area contributed by atoms with Gasteiger partial charge in [-0.2, -0.15) is 5.10 Å². The molecule has 8 heteroatoms. The Morgan fingerprint density at radius 1 is 1.03 bits per heavy atom. The molecule has 2 N–H and O–H groups in total. The van der Waals surface area contributed by atoms with Crippen LogP contribution in [0.25, 0.3) is 16.7 Å². The number of hydrogen-bond acceptors (Lipinski definition) is 4. The maximum Gasteiger partial charge on any atom is 0.305 e. The van der Waals surface area contributed by atoms with E-state index in [0.29, 0.717) is 29.7 Å². The number of rotatable bonds is 3. The maximum absolute atomic E-state index is 14.3. The van der Waals surface area contributed by atoms with Crippen LogP contribution in [0.2, 0.25) is 0 Å². The van der Waals surface area contributed by atoms with Crippen molar-refractivity contribution in [3.8, 4) is 5.69 Å². The zero-order valence-electron chi connectivity index (χ0n) is 16.7. The lowest BCUT2D eigenvalue weighted by atomic mass is 10.1. The highest BCUT2D eigenvalue weighted by Crippen LogP contribution is 2.29. The second-order valence-corrected chi connectivity index (χ2v) is 7.45. The van der Waals surface area contributed by atoms with Gasteiger partial charge in [-0.3, -0.25) is 20.4 Å². The molecule has 0 aliphatic heterocycles. The van der Waals surface area contributed by atoms with Gasteiger partial charge in [0, 0.05) is 22.2 Å². The van der Waals surface area contributed by atoms with Crippen molar-refractivity contribution < 1.29 is 18.4 Å². The fourth-order valence-corrected chi connectivity index (χ4v) is 4.06. The monoisotopic (exact) mass is 418 g/mol. The SMILES string of the molecule is Cc1c(C(=O)NNC(=O)c2nn(-c3ccccc3F)c3c2CCC3)oc2ccccc12. The normalized spacial score (nSPS) is 12.7. The van der Waals surface area contributed by atoms with Crippen molar-refractivity contribution >= 4 is 22.8 Å². The molecule has 0 radical (unpaired) electrons. The summed E-state index contributed by atoms with van der Waals surface area (Å²) in [6.45, 7) is 1.78. The number of fused-ring (bicyclic) bond motifs is 2. The Morgan fingerprint density at radius 3 is 2.58 bits per heavy atom. The number of aryl methyl sites for hydroxylation is 1. The molecule has 0 fully saturated rings. The fourth-order valence-electron chi connectivity index (χ4n) is 4.06. The van der Waals surface area contributed by atoms with Crippen LogP contribution in [0, 0.1) is 12.7 Å². The van der Waals surface area contributed by atoms with E-state index in [4.69, 9.17) is 4.42 Å². The molecular formula is C23H19FN4O3. The highest BCUT2D eigenvalue weighted by atomic mass is 19.1. The summed E-state index contributed by atoms with van der Waals surface area (Å²) in [6.07, 6.45) is 2.23. The Balaban J connectivity index is 1.39. The third kappa shape index (κ3) is 3.16. The first-order valence-corrected chi connectivity index (χ1v) is 9.99. The molecule has 5 rings (SSSR count). The summed E-state index contributed by atoms with van der Waals surface area (Å²) in [6, 6.07) is 13.6. The van der Waals surface area contributed by atoms with Gasteiger partial charge >= 0.3 is 5.91 Å². The highest BCUT2D eigenvalue weighted by molar-refractivity contribution is 6.01. The second kappa shape index (κ2) is 7.39. The van der Waals surface area contributed by atoms with E-state index in [1.807, 2.05) is 18.2 Å². The van der Waals surface area contributed by atoms with E-state index in [9.17, 15) is 14.0 Å². The smallest absolute Gasteiger partial charge is 0.305 e. The van der Waals surface area contributed by atoms with Crippen molar-refractivity contribution in [2.45, 2.75) is 26.2 Å². The van der Waals surface area contributed by atoms with Crippen LogP contribution in [0.3, 0.4) is 0 Å². The van der Waals surface area contributed by atoms with E-state index in [0.717, 1.165) is 23.1 Å². The van der Waals surface area contributed by atoms with Crippen molar-refractivity contribution in [2.75, 3.05) is 0 Å². The zero-order valence-corrected chi connectivity index (χ0v) is 16.7. The van der Waals surface area contributed by atoms with Gasteiger partial charge in [0.05, 0.1) is 0 Å². The molecule has 0 unspecified atom stereocenters. The second-order valence-electron chi connectivity index (χ2n) is 7.45. The van der Waals surface area contributed by atoms with E-state index in [1.54, 1.807) is 31.2 Å². The van der Waals surface area contributed by atoms with Crippen molar-refractivity contribution in [3.63, 3.8) is 0 Å². The van der Waals surface area contributed by atoms with Gasteiger partial charge in [0.1, 0.15) is 17.1 Å². The number of aromatic nitrogens is 2. The molecule has 1 aliphatic rings. The molecule has 2 amide bonds. The van der Waals surface area contributed by atoms with Gasteiger partial charge in [0.2, 0.25) is 0 Å². The van der Waals surface area contributed by atoms with E-state index in [-0.39, 0.29) is 11.5 Å². The van der Waals surface area contributed by atoms with Gasteiger partial charge in [-0.15, -0.1) is 0 Å². The Morgan fingerprint density at radius 2 is 1.77 bits per heavy atom. The van der Waals surface area contributed by atoms with E-state index < -0.39 is 17.6 Å². The number of nitrogens with zero attached hydrogens (tertiary/aromatic N) is 2. The van der Waals surface area contributed by atoms with Gasteiger partial charge in [-0.05, 0) is 44.4 Å². The first-order chi connectivity index (χ1) is 15.0. The number of benzene rings is 2. The van der Waals surface area contributed by atoms with Crippen LogP contribution >= 0.6 is 0 Å². The fraction of sp³-hybridized carbons (Fsp3) is 0.174. The molecule has 0 saturated heterocycles. The van der Waals surface area contributed by atoms with Crippen LogP contribution in [-0.4, -0.2) is 21.6 Å². The van der Waals surface area contributed by atoms with Crippen molar-refractivity contribution in [2.24, 2.45) is 0 Å². The van der Waals surface area contributed by atoms with E-state index in [1.165, 1.54) is 10.7 Å². The quantitative estimate of drug-likeness (QED) is 0.497. The van der Waals surface area contributed by atoms with Crippen LogP contribution in [0.1, 0.15) is 44.3 Å². The summed E-state index contributed by atoms with van der Waals surface area (Å²) in [5.74, 6) is -1.41. The third-order valence-electron chi connectivity index (χ3n) is 5.57. The van der Waals surface area contributed by atoms with Crippen LogP contribution in [-0.2, 0) is 12.8 Å². The number of hydrogen-bond donors (Lipinski definition) is 2. The summed E-state index contributed by atoms with van der Waals surface area (Å²) in [5.41, 5.74) is 8.15. The van der Waals surface area contributed by atoms with Gasteiger partial charge in [0.25, 0.3) is 5.91 Å². The van der Waals surface area contributed by atoms with Gasteiger partial charge in [-0.1, -0.05) is 30.3 Å². The number of carbonyl (C=O) groups excluding carboxylic acids is 2. The predicted octanol–water partition coefficient (Wildman–Crippen LogP) is 3.63. The molecule has 1 aliphatic carbocycles. The molecule has 156 valence electrons. The van der Waals surface area contributed by atoms with E-state index >= 15 is 0 Å². The number of halogens is 1. The molecule has 0 bridgehead atoms. The summed E-state index contributed by atoms with van der Waals surface area (Å²) < 4.78 is 21.4. The first-order valence-electron chi connectivity index (χ1n) is 9.99.